The molecule has 5 nitrogen and oxygen atoms in total. The standard InChI is InChI=1S/C23H21NO4/c1-13(2)12-18-23-11-10-17(28-23)19(22(26)27)20(23)21(25)24(18)16-9-5-7-14-6-3-4-8-15(14)16/h3-11,17-20H,1,12H2,2H3,(H,26,27)/p-1/t17-,18+,19+,20-,23-/m1/s1. The Hall–Kier alpha value is -2.92. The van der Waals surface area contributed by atoms with Gasteiger partial charge in [0.25, 0.3) is 0 Å². The Morgan fingerprint density at radius 3 is 2.75 bits per heavy atom. The Morgan fingerprint density at radius 2 is 2.00 bits per heavy atom. The van der Waals surface area contributed by atoms with E-state index in [-0.39, 0.29) is 11.9 Å². The molecule has 5 rings (SSSR count). The van der Waals surface area contributed by atoms with Crippen molar-refractivity contribution in [2.24, 2.45) is 11.8 Å². The van der Waals surface area contributed by atoms with Gasteiger partial charge in [-0.15, -0.1) is 6.58 Å². The summed E-state index contributed by atoms with van der Waals surface area (Å²) < 4.78 is 6.17. The number of carboxylic acids is 1. The molecule has 3 aliphatic heterocycles. The molecule has 0 N–H and O–H groups in total. The molecule has 142 valence electrons. The molecule has 0 saturated carbocycles. The summed E-state index contributed by atoms with van der Waals surface area (Å²) in [5.41, 5.74) is 0.730. The third kappa shape index (κ3) is 2.11. The van der Waals surface area contributed by atoms with Crippen LogP contribution in [0.4, 0.5) is 5.69 Å². The normalized spacial score (nSPS) is 32.9. The molecule has 5 heteroatoms. The summed E-state index contributed by atoms with van der Waals surface area (Å²) in [7, 11) is 0. The lowest BCUT2D eigenvalue weighted by molar-refractivity contribution is -0.313. The van der Waals surface area contributed by atoms with Gasteiger partial charge in [-0.25, -0.2) is 0 Å². The number of aliphatic carboxylic acids is 1. The molecule has 0 aromatic heterocycles. The Kier molecular flexibility index (Phi) is 3.55. The molecule has 3 heterocycles. The smallest absolute Gasteiger partial charge is 0.234 e. The number of carbonyl (C=O) groups is 2. The lowest BCUT2D eigenvalue weighted by Gasteiger charge is -2.34. The lowest BCUT2D eigenvalue weighted by atomic mass is 9.74. The molecule has 0 aliphatic carbocycles. The predicted octanol–water partition coefficient (Wildman–Crippen LogP) is 2.21. The second kappa shape index (κ2) is 5.79. The van der Waals surface area contributed by atoms with Crippen molar-refractivity contribution in [1.29, 1.82) is 0 Å². The fraction of sp³-hybridized carbons (Fsp3) is 0.304. The van der Waals surface area contributed by atoms with Gasteiger partial charge in [-0.05, 0) is 24.8 Å². The summed E-state index contributed by atoms with van der Waals surface area (Å²) in [6.07, 6.45) is 3.57. The number of benzene rings is 2. The van der Waals surface area contributed by atoms with Crippen molar-refractivity contribution in [3.8, 4) is 0 Å². The van der Waals surface area contributed by atoms with Gasteiger partial charge < -0.3 is 19.5 Å². The number of hydrogen-bond acceptors (Lipinski definition) is 4. The third-order valence-corrected chi connectivity index (χ3v) is 6.26. The molecule has 2 bridgehead atoms. The molecule has 2 aromatic rings. The highest BCUT2D eigenvalue weighted by Crippen LogP contribution is 2.57. The molecule has 0 radical (unpaired) electrons. The number of nitrogens with zero attached hydrogens (tertiary/aromatic N) is 1. The molecular weight excluding hydrogens is 354 g/mol. The van der Waals surface area contributed by atoms with Crippen molar-refractivity contribution < 1.29 is 19.4 Å². The van der Waals surface area contributed by atoms with Gasteiger partial charge in [-0.3, -0.25) is 4.79 Å². The van der Waals surface area contributed by atoms with Gasteiger partial charge in [0.15, 0.2) is 0 Å². The second-order valence-corrected chi connectivity index (χ2v) is 8.00. The van der Waals surface area contributed by atoms with E-state index in [9.17, 15) is 14.7 Å². The molecule has 1 spiro atoms. The Bertz CT molecular complexity index is 1050. The predicted molar refractivity (Wildman–Crippen MR) is 103 cm³/mol. The summed E-state index contributed by atoms with van der Waals surface area (Å²) in [6.45, 7) is 5.95. The van der Waals surface area contributed by atoms with Crippen LogP contribution in [-0.2, 0) is 14.3 Å². The van der Waals surface area contributed by atoms with Crippen LogP contribution in [0.2, 0.25) is 0 Å². The molecule has 2 aromatic carbocycles. The highest BCUT2D eigenvalue weighted by molar-refractivity contribution is 6.09. The van der Waals surface area contributed by atoms with Crippen LogP contribution in [0, 0.1) is 11.8 Å². The van der Waals surface area contributed by atoms with Crippen LogP contribution in [0.15, 0.2) is 66.8 Å². The van der Waals surface area contributed by atoms with Crippen molar-refractivity contribution in [3.05, 3.63) is 66.8 Å². The van der Waals surface area contributed by atoms with Crippen LogP contribution in [0.5, 0.6) is 0 Å². The van der Waals surface area contributed by atoms with Crippen LogP contribution >= 0.6 is 0 Å². The zero-order valence-corrected chi connectivity index (χ0v) is 15.5. The molecule has 0 unspecified atom stereocenters. The maximum Gasteiger partial charge on any atom is 0.234 e. The van der Waals surface area contributed by atoms with Crippen molar-refractivity contribution in [2.75, 3.05) is 4.90 Å². The monoisotopic (exact) mass is 374 g/mol. The van der Waals surface area contributed by atoms with E-state index in [1.54, 1.807) is 11.0 Å². The van der Waals surface area contributed by atoms with Gasteiger partial charge in [-0.1, -0.05) is 54.1 Å². The number of anilines is 1. The maximum absolute atomic E-state index is 13.6. The Morgan fingerprint density at radius 1 is 1.25 bits per heavy atom. The average Bonchev–Trinajstić information content (AvgIpc) is 3.30. The van der Waals surface area contributed by atoms with Crippen LogP contribution in [-0.4, -0.2) is 29.6 Å². The lowest BCUT2D eigenvalue weighted by Crippen LogP contribution is -2.46. The number of ether oxygens (including phenoxy) is 1. The first-order chi connectivity index (χ1) is 13.4. The largest absolute Gasteiger partial charge is 0.550 e. The molecule has 3 aliphatic rings. The van der Waals surface area contributed by atoms with Gasteiger partial charge in [0.05, 0.1) is 23.8 Å². The first kappa shape index (κ1) is 17.2. The van der Waals surface area contributed by atoms with Crippen molar-refractivity contribution in [3.63, 3.8) is 0 Å². The van der Waals surface area contributed by atoms with Gasteiger partial charge in [0.1, 0.15) is 5.60 Å². The zero-order chi connectivity index (χ0) is 19.6. The fourth-order valence-corrected chi connectivity index (χ4v) is 5.20. The summed E-state index contributed by atoms with van der Waals surface area (Å²) in [5.74, 6) is -3.20. The van der Waals surface area contributed by atoms with E-state index < -0.39 is 29.5 Å². The van der Waals surface area contributed by atoms with Gasteiger partial charge >= 0.3 is 0 Å². The van der Waals surface area contributed by atoms with E-state index in [2.05, 4.69) is 6.58 Å². The minimum Gasteiger partial charge on any atom is -0.550 e. The van der Waals surface area contributed by atoms with E-state index in [1.165, 1.54) is 0 Å². The molecule has 2 fully saturated rings. The topological polar surface area (TPSA) is 69.7 Å². The highest BCUT2D eigenvalue weighted by Gasteiger charge is 2.69. The van der Waals surface area contributed by atoms with Crippen molar-refractivity contribution >= 4 is 28.3 Å². The van der Waals surface area contributed by atoms with Gasteiger partial charge in [0.2, 0.25) is 5.91 Å². The van der Waals surface area contributed by atoms with Crippen LogP contribution < -0.4 is 10.0 Å². The van der Waals surface area contributed by atoms with E-state index in [0.29, 0.717) is 6.42 Å². The minimum absolute atomic E-state index is 0.219. The summed E-state index contributed by atoms with van der Waals surface area (Å²) in [6, 6.07) is 13.3. The quantitative estimate of drug-likeness (QED) is 0.770. The second-order valence-electron chi connectivity index (χ2n) is 8.00. The first-order valence-corrected chi connectivity index (χ1v) is 9.47. The number of hydrogen-bond donors (Lipinski definition) is 0. The highest BCUT2D eigenvalue weighted by atomic mass is 16.5. The molecular formula is C23H20NO4-. The summed E-state index contributed by atoms with van der Waals surface area (Å²) in [4.78, 5) is 27.2. The molecule has 28 heavy (non-hydrogen) atoms. The fourth-order valence-electron chi connectivity index (χ4n) is 5.20. The third-order valence-electron chi connectivity index (χ3n) is 6.26. The van der Waals surface area contributed by atoms with E-state index in [0.717, 1.165) is 22.0 Å². The van der Waals surface area contributed by atoms with Crippen LogP contribution in [0.25, 0.3) is 10.8 Å². The van der Waals surface area contributed by atoms with Crippen LogP contribution in [0.1, 0.15) is 13.3 Å². The Balaban J connectivity index is 1.71. The number of carboxylic acid groups (broad SMARTS) is 1. The molecule has 1 amide bonds. The summed E-state index contributed by atoms with van der Waals surface area (Å²) in [5, 5.41) is 13.8. The van der Waals surface area contributed by atoms with E-state index in [4.69, 9.17) is 4.74 Å². The molecule has 5 atom stereocenters. The van der Waals surface area contributed by atoms with Gasteiger partial charge in [-0.2, -0.15) is 0 Å². The minimum atomic E-state index is -1.23. The number of carbonyl (C=O) groups excluding carboxylic acids is 2. The van der Waals surface area contributed by atoms with E-state index in [1.807, 2.05) is 55.5 Å². The maximum atomic E-state index is 13.6. The zero-order valence-electron chi connectivity index (χ0n) is 15.5. The number of amides is 1. The van der Waals surface area contributed by atoms with Crippen molar-refractivity contribution in [2.45, 2.75) is 31.1 Å². The summed E-state index contributed by atoms with van der Waals surface area (Å²) >= 11 is 0. The van der Waals surface area contributed by atoms with E-state index >= 15 is 0 Å². The number of fused-ring (bicyclic) bond motifs is 2. The first-order valence-electron chi connectivity index (χ1n) is 9.47. The Labute approximate surface area is 162 Å². The number of rotatable bonds is 4. The SMILES string of the molecule is C=C(C)C[C@@H]1N(c2cccc3ccccc23)C(=O)[C@H]2[C@@H](C(=O)[O-])[C@H]3C=C[C@@]12O3. The van der Waals surface area contributed by atoms with Crippen LogP contribution in [0.3, 0.4) is 0 Å². The van der Waals surface area contributed by atoms with Gasteiger partial charge in [0, 0.05) is 17.3 Å². The molecule has 2 saturated heterocycles. The van der Waals surface area contributed by atoms with Crippen molar-refractivity contribution in [1.82, 2.24) is 0 Å². The average molecular weight is 374 g/mol.